The number of carbonyl (C=O) groups is 2. The zero-order valence-electron chi connectivity index (χ0n) is 14.9. The Labute approximate surface area is 154 Å². The molecule has 1 N–H and O–H groups in total. The zero-order chi connectivity index (χ0) is 19.7. The Kier molecular flexibility index (Phi) is 4.89. The molecule has 140 valence electrons. The van der Waals surface area contributed by atoms with Crippen LogP contribution in [-0.4, -0.2) is 23.3 Å². The molecule has 7 nitrogen and oxygen atoms in total. The molecule has 2 aromatic carbocycles. The number of hydrogen-bond acceptors (Lipinski definition) is 4. The summed E-state index contributed by atoms with van der Waals surface area (Å²) in [7, 11) is 0. The summed E-state index contributed by atoms with van der Waals surface area (Å²) < 4.78 is 13.9. The first kappa shape index (κ1) is 18.5. The van der Waals surface area contributed by atoms with E-state index in [2.05, 4.69) is 5.32 Å². The fraction of sp³-hybridized carbons (Fsp3) is 0.263. The van der Waals surface area contributed by atoms with Gasteiger partial charge < -0.3 is 10.2 Å². The van der Waals surface area contributed by atoms with Gasteiger partial charge in [-0.3, -0.25) is 19.7 Å². The number of halogens is 1. The van der Waals surface area contributed by atoms with Gasteiger partial charge in [-0.05, 0) is 37.1 Å². The van der Waals surface area contributed by atoms with Crippen molar-refractivity contribution in [3.8, 4) is 0 Å². The molecule has 0 aromatic heterocycles. The third-order valence-electron chi connectivity index (χ3n) is 4.57. The lowest BCUT2D eigenvalue weighted by Crippen LogP contribution is -2.28. The van der Waals surface area contributed by atoms with E-state index in [-0.39, 0.29) is 30.2 Å². The first-order valence-electron chi connectivity index (χ1n) is 8.38. The highest BCUT2D eigenvalue weighted by Gasteiger charge is 2.36. The van der Waals surface area contributed by atoms with Crippen LogP contribution in [0.3, 0.4) is 0 Å². The number of hydrogen-bond donors (Lipinski definition) is 1. The monoisotopic (exact) mass is 371 g/mol. The molecule has 2 amide bonds. The van der Waals surface area contributed by atoms with Gasteiger partial charge in [0.25, 0.3) is 5.69 Å². The van der Waals surface area contributed by atoms with E-state index in [0.717, 1.165) is 35.0 Å². The van der Waals surface area contributed by atoms with E-state index in [1.165, 1.54) is 0 Å². The van der Waals surface area contributed by atoms with Gasteiger partial charge in [0.05, 0.1) is 16.5 Å². The van der Waals surface area contributed by atoms with Gasteiger partial charge in [-0.15, -0.1) is 0 Å². The average Bonchev–Trinajstić information content (AvgIpc) is 3.00. The highest BCUT2D eigenvalue weighted by atomic mass is 19.1. The summed E-state index contributed by atoms with van der Waals surface area (Å²) in [5, 5.41) is 13.2. The van der Waals surface area contributed by atoms with Crippen molar-refractivity contribution < 1.29 is 18.9 Å². The van der Waals surface area contributed by atoms with Crippen LogP contribution in [0.2, 0.25) is 0 Å². The molecule has 1 aliphatic rings. The molecular weight excluding hydrogens is 353 g/mol. The van der Waals surface area contributed by atoms with Crippen molar-refractivity contribution in [2.75, 3.05) is 16.8 Å². The topological polar surface area (TPSA) is 92.6 Å². The number of nitro groups is 1. The lowest BCUT2D eigenvalue weighted by Gasteiger charge is -2.19. The van der Waals surface area contributed by atoms with Crippen LogP contribution in [0.25, 0.3) is 0 Å². The molecule has 0 spiro atoms. The van der Waals surface area contributed by atoms with E-state index >= 15 is 0 Å². The van der Waals surface area contributed by atoms with Gasteiger partial charge in [0.15, 0.2) is 0 Å². The second-order valence-electron chi connectivity index (χ2n) is 6.61. The second-order valence-corrected chi connectivity index (χ2v) is 6.61. The van der Waals surface area contributed by atoms with Gasteiger partial charge in [0.1, 0.15) is 5.82 Å². The number of aryl methyl sites for hydroxylation is 2. The Balaban J connectivity index is 1.77. The van der Waals surface area contributed by atoms with Crippen molar-refractivity contribution in [3.05, 3.63) is 63.5 Å². The third-order valence-corrected chi connectivity index (χ3v) is 4.57. The molecule has 8 heteroatoms. The summed E-state index contributed by atoms with van der Waals surface area (Å²) in [6, 6.07) is 8.64. The summed E-state index contributed by atoms with van der Waals surface area (Å²) in [6.45, 7) is 3.97. The summed E-state index contributed by atoms with van der Waals surface area (Å²) in [6.07, 6.45) is -0.00421. The maximum Gasteiger partial charge on any atom is 0.271 e. The molecular formula is C19H18FN3O4. The average molecular weight is 371 g/mol. The fourth-order valence-electron chi connectivity index (χ4n) is 3.08. The van der Waals surface area contributed by atoms with Crippen molar-refractivity contribution in [1.82, 2.24) is 0 Å². The minimum atomic E-state index is -0.773. The first-order valence-corrected chi connectivity index (χ1v) is 8.38. The standard InChI is InChI=1S/C19H18FN3O4/c1-11-3-4-12(2)17(7-11)22-10-13(8-18(22)24)19(25)21-16-9-14(23(26)27)5-6-15(16)20/h3-7,9,13H,8,10H2,1-2H3,(H,21,25). The van der Waals surface area contributed by atoms with E-state index in [1.807, 2.05) is 32.0 Å². The molecule has 2 aromatic rings. The Bertz CT molecular complexity index is 945. The Morgan fingerprint density at radius 1 is 1.26 bits per heavy atom. The number of carbonyl (C=O) groups excluding carboxylic acids is 2. The van der Waals surface area contributed by atoms with Crippen molar-refractivity contribution >= 4 is 28.9 Å². The molecule has 0 bridgehead atoms. The van der Waals surface area contributed by atoms with Crippen LogP contribution in [0.15, 0.2) is 36.4 Å². The molecule has 0 saturated carbocycles. The molecule has 1 atom stereocenters. The van der Waals surface area contributed by atoms with Crippen LogP contribution in [0.1, 0.15) is 17.5 Å². The van der Waals surface area contributed by atoms with E-state index in [9.17, 15) is 24.1 Å². The van der Waals surface area contributed by atoms with Crippen molar-refractivity contribution in [1.29, 1.82) is 0 Å². The number of nitro benzene ring substituents is 1. The first-order chi connectivity index (χ1) is 12.8. The number of nitrogens with one attached hydrogen (secondary N) is 1. The summed E-state index contributed by atoms with van der Waals surface area (Å²) in [4.78, 5) is 36.6. The van der Waals surface area contributed by atoms with Crippen LogP contribution >= 0.6 is 0 Å². The predicted molar refractivity (Wildman–Crippen MR) is 98.1 cm³/mol. The van der Waals surface area contributed by atoms with Gasteiger partial charge >= 0.3 is 0 Å². The third kappa shape index (κ3) is 3.79. The maximum absolute atomic E-state index is 13.9. The Morgan fingerprint density at radius 2 is 2.00 bits per heavy atom. The number of rotatable bonds is 4. The number of anilines is 2. The predicted octanol–water partition coefficient (Wildman–Crippen LogP) is 3.34. The largest absolute Gasteiger partial charge is 0.323 e. The van der Waals surface area contributed by atoms with Gasteiger partial charge in [-0.25, -0.2) is 4.39 Å². The van der Waals surface area contributed by atoms with Crippen LogP contribution in [0, 0.1) is 35.7 Å². The quantitative estimate of drug-likeness (QED) is 0.659. The molecule has 1 fully saturated rings. The van der Waals surface area contributed by atoms with Crippen molar-refractivity contribution in [2.24, 2.45) is 5.92 Å². The highest BCUT2D eigenvalue weighted by molar-refractivity contribution is 6.04. The highest BCUT2D eigenvalue weighted by Crippen LogP contribution is 2.30. The van der Waals surface area contributed by atoms with Crippen LogP contribution in [0.5, 0.6) is 0 Å². The van der Waals surface area contributed by atoms with Gasteiger partial charge in [0.2, 0.25) is 11.8 Å². The summed E-state index contributed by atoms with van der Waals surface area (Å²) in [5.41, 5.74) is 2.06. The fourth-order valence-corrected chi connectivity index (χ4v) is 3.08. The van der Waals surface area contributed by atoms with Crippen molar-refractivity contribution in [2.45, 2.75) is 20.3 Å². The lowest BCUT2D eigenvalue weighted by molar-refractivity contribution is -0.384. The second kappa shape index (κ2) is 7.14. The van der Waals surface area contributed by atoms with Crippen LogP contribution < -0.4 is 10.2 Å². The number of nitrogens with zero attached hydrogens (tertiary/aromatic N) is 2. The Hall–Kier alpha value is -3.29. The molecule has 0 aliphatic carbocycles. The van der Waals surface area contributed by atoms with Gasteiger partial charge in [-0.2, -0.15) is 0 Å². The normalized spacial score (nSPS) is 16.5. The minimum Gasteiger partial charge on any atom is -0.323 e. The Morgan fingerprint density at radius 3 is 2.70 bits per heavy atom. The zero-order valence-corrected chi connectivity index (χ0v) is 14.9. The van der Waals surface area contributed by atoms with E-state index in [1.54, 1.807) is 4.90 Å². The molecule has 3 rings (SSSR count). The summed E-state index contributed by atoms with van der Waals surface area (Å²) in [5.74, 6) is -2.18. The van der Waals surface area contributed by atoms with E-state index in [0.29, 0.717) is 0 Å². The van der Waals surface area contributed by atoms with Crippen LogP contribution in [0.4, 0.5) is 21.5 Å². The number of amides is 2. The lowest BCUT2D eigenvalue weighted by atomic mass is 10.1. The smallest absolute Gasteiger partial charge is 0.271 e. The molecule has 0 radical (unpaired) electrons. The molecule has 1 aliphatic heterocycles. The molecule has 1 heterocycles. The van der Waals surface area contributed by atoms with Gasteiger partial charge in [0, 0.05) is 30.8 Å². The van der Waals surface area contributed by atoms with E-state index < -0.39 is 22.6 Å². The van der Waals surface area contributed by atoms with Crippen molar-refractivity contribution in [3.63, 3.8) is 0 Å². The van der Waals surface area contributed by atoms with Crippen LogP contribution in [-0.2, 0) is 9.59 Å². The molecule has 1 saturated heterocycles. The molecule has 27 heavy (non-hydrogen) atoms. The SMILES string of the molecule is Cc1ccc(C)c(N2CC(C(=O)Nc3cc([N+](=O)[O-])ccc3F)CC2=O)c1. The summed E-state index contributed by atoms with van der Waals surface area (Å²) >= 11 is 0. The number of non-ortho nitro benzene ring substituents is 1. The number of benzene rings is 2. The van der Waals surface area contributed by atoms with Gasteiger partial charge in [-0.1, -0.05) is 12.1 Å². The van der Waals surface area contributed by atoms with E-state index in [4.69, 9.17) is 0 Å². The minimum absolute atomic E-state index is 0.00421. The maximum atomic E-state index is 13.9. The molecule has 1 unspecified atom stereocenters.